The van der Waals surface area contributed by atoms with E-state index in [4.69, 9.17) is 21.4 Å². The lowest BCUT2D eigenvalue weighted by atomic mass is 9.73. The molecule has 0 aromatic rings. The molecule has 4 aliphatic rings. The maximum atomic E-state index is 11.8. The van der Waals surface area contributed by atoms with Crippen LogP contribution >= 0.6 is 11.6 Å². The number of carbonyl (C=O) groups is 1. The van der Waals surface area contributed by atoms with Gasteiger partial charge in [-0.25, -0.2) is 0 Å². The van der Waals surface area contributed by atoms with E-state index in [0.29, 0.717) is 48.5 Å². The van der Waals surface area contributed by atoms with Gasteiger partial charge < -0.3 is 14.9 Å². The summed E-state index contributed by atoms with van der Waals surface area (Å²) in [5.41, 5.74) is 1.08. The highest BCUT2D eigenvalue weighted by Crippen LogP contribution is 2.43. The zero-order valence-electron chi connectivity index (χ0n) is 23.1. The van der Waals surface area contributed by atoms with Gasteiger partial charge >= 0.3 is 5.97 Å². The number of nitrogens with zero attached hydrogens (tertiary/aromatic N) is 2. The molecule has 2 N–H and O–H groups in total. The van der Waals surface area contributed by atoms with E-state index < -0.39 is 12.2 Å². The van der Waals surface area contributed by atoms with Crippen molar-refractivity contribution in [1.29, 1.82) is 0 Å². The number of fused-ring (bicyclic) bond motifs is 1. The smallest absolute Gasteiger partial charge is 0.303 e. The van der Waals surface area contributed by atoms with Crippen LogP contribution in [0.5, 0.6) is 0 Å². The first-order chi connectivity index (χ1) is 17.8. The van der Waals surface area contributed by atoms with Gasteiger partial charge in [0.1, 0.15) is 6.23 Å². The Labute approximate surface area is 229 Å². The zero-order chi connectivity index (χ0) is 26.5. The maximum absolute atomic E-state index is 11.8. The number of aliphatic hydroxyl groups excluding tert-OH is 1. The second kappa shape index (κ2) is 13.4. The number of halogens is 1. The van der Waals surface area contributed by atoms with Crippen molar-refractivity contribution in [1.82, 2.24) is 9.80 Å². The molecule has 0 aromatic carbocycles. The molecule has 0 spiro atoms. The van der Waals surface area contributed by atoms with E-state index in [0.717, 1.165) is 56.9 Å². The minimum absolute atomic E-state index is 0.0619. The van der Waals surface area contributed by atoms with E-state index in [1.54, 1.807) is 0 Å². The number of carboxylic acids is 1. The average Bonchev–Trinajstić information content (AvgIpc) is 2.87. The molecule has 1 saturated heterocycles. The van der Waals surface area contributed by atoms with Crippen LogP contribution in [0.25, 0.3) is 0 Å². The summed E-state index contributed by atoms with van der Waals surface area (Å²) < 4.78 is 6.02. The molecule has 0 radical (unpaired) electrons. The van der Waals surface area contributed by atoms with Gasteiger partial charge in [0.25, 0.3) is 0 Å². The van der Waals surface area contributed by atoms with Crippen LogP contribution in [0.2, 0.25) is 0 Å². The fourth-order valence-corrected chi connectivity index (χ4v) is 7.90. The minimum atomic E-state index is -0.778. The van der Waals surface area contributed by atoms with Gasteiger partial charge in [-0.1, -0.05) is 18.2 Å². The lowest BCUT2D eigenvalue weighted by molar-refractivity contribution is -0.137. The van der Waals surface area contributed by atoms with Crippen molar-refractivity contribution in [2.45, 2.75) is 146 Å². The Kier molecular flexibility index (Phi) is 10.6. The molecule has 4 rings (SSSR count). The summed E-state index contributed by atoms with van der Waals surface area (Å²) in [6.07, 6.45) is 17.4. The van der Waals surface area contributed by atoms with E-state index in [-0.39, 0.29) is 18.6 Å². The lowest BCUT2D eigenvalue weighted by Crippen LogP contribution is -2.65. The number of carboxylic acid groups (broad SMARTS) is 1. The van der Waals surface area contributed by atoms with E-state index in [9.17, 15) is 9.90 Å². The molecule has 37 heavy (non-hydrogen) atoms. The van der Waals surface area contributed by atoms with Gasteiger partial charge in [0, 0.05) is 48.6 Å². The number of aliphatic carboxylic acids is 1. The van der Waals surface area contributed by atoms with Gasteiger partial charge in [-0.2, -0.15) is 0 Å². The molecule has 0 amide bonds. The number of piperidine rings is 1. The number of ether oxygens (including phenoxy) is 1. The summed E-state index contributed by atoms with van der Waals surface area (Å²) in [6.45, 7) is 7.49. The van der Waals surface area contributed by atoms with Gasteiger partial charge in [-0.05, 0) is 103 Å². The SMILES string of the molecule is CC1C[C@H](N(C(C)C)C2CCC(Cl)CC2)C2CC=CCC2N1C(O)C1=CCCC(OCCCC(=O)O)C1. The average molecular weight is 537 g/mol. The number of hydrogen-bond acceptors (Lipinski definition) is 5. The fourth-order valence-electron chi connectivity index (χ4n) is 7.64. The standard InChI is InChI=1S/C30H49ClN2O4/c1-20(2)32(24-15-13-23(31)14-16-24)28-18-21(3)33(27-11-5-4-10-26(27)28)30(36)22-8-6-9-25(19-22)37-17-7-12-29(34)35/h4-5,8,20-21,23-28,30,36H,6-7,9-19H2,1-3H3,(H,34,35)/t21?,23?,24?,25?,26?,27?,28-,30?/m0/s1. The summed E-state index contributed by atoms with van der Waals surface area (Å²) in [4.78, 5) is 16.0. The molecule has 0 bridgehead atoms. The Hall–Kier alpha value is -0.920. The van der Waals surface area contributed by atoms with Crippen molar-refractivity contribution in [2.24, 2.45) is 5.92 Å². The molecule has 1 aliphatic heterocycles. The first-order valence-electron chi connectivity index (χ1n) is 14.8. The van der Waals surface area contributed by atoms with Crippen LogP contribution in [0.15, 0.2) is 23.8 Å². The highest BCUT2D eigenvalue weighted by atomic mass is 35.5. The summed E-state index contributed by atoms with van der Waals surface area (Å²) in [6, 6.07) is 2.25. The van der Waals surface area contributed by atoms with Gasteiger partial charge in [0.2, 0.25) is 0 Å². The highest BCUT2D eigenvalue weighted by molar-refractivity contribution is 6.20. The van der Waals surface area contributed by atoms with Crippen molar-refractivity contribution >= 4 is 17.6 Å². The third-order valence-corrected chi connectivity index (χ3v) is 9.74. The van der Waals surface area contributed by atoms with Crippen LogP contribution in [-0.2, 0) is 9.53 Å². The zero-order valence-corrected chi connectivity index (χ0v) is 23.9. The van der Waals surface area contributed by atoms with Crippen molar-refractivity contribution in [3.8, 4) is 0 Å². The molecule has 2 fully saturated rings. The summed E-state index contributed by atoms with van der Waals surface area (Å²) in [7, 11) is 0. The van der Waals surface area contributed by atoms with E-state index in [2.05, 4.69) is 48.8 Å². The largest absolute Gasteiger partial charge is 0.481 e. The summed E-state index contributed by atoms with van der Waals surface area (Å²) >= 11 is 6.47. The van der Waals surface area contributed by atoms with Gasteiger partial charge in [-0.3, -0.25) is 14.6 Å². The Balaban J connectivity index is 1.45. The minimum Gasteiger partial charge on any atom is -0.481 e. The number of aliphatic hydroxyl groups is 1. The van der Waals surface area contributed by atoms with Gasteiger partial charge in [0.15, 0.2) is 0 Å². The third-order valence-electron chi connectivity index (χ3n) is 9.30. The number of likely N-dealkylation sites (tertiary alicyclic amines) is 1. The van der Waals surface area contributed by atoms with Crippen LogP contribution in [0.1, 0.15) is 97.8 Å². The van der Waals surface area contributed by atoms with E-state index >= 15 is 0 Å². The second-order valence-electron chi connectivity index (χ2n) is 12.1. The number of rotatable bonds is 10. The molecule has 1 heterocycles. The molecule has 6 nitrogen and oxygen atoms in total. The summed E-state index contributed by atoms with van der Waals surface area (Å²) in [5.74, 6) is -0.265. The third kappa shape index (κ3) is 7.19. The molecule has 210 valence electrons. The first-order valence-corrected chi connectivity index (χ1v) is 15.2. The predicted octanol–water partition coefficient (Wildman–Crippen LogP) is 5.72. The topological polar surface area (TPSA) is 73.2 Å². The Morgan fingerprint density at radius 1 is 1.19 bits per heavy atom. The second-order valence-corrected chi connectivity index (χ2v) is 12.8. The van der Waals surface area contributed by atoms with Gasteiger partial charge in [-0.15, -0.1) is 11.6 Å². The van der Waals surface area contributed by atoms with Crippen LogP contribution in [0.4, 0.5) is 0 Å². The van der Waals surface area contributed by atoms with Crippen molar-refractivity contribution < 1.29 is 19.7 Å². The number of hydrogen-bond donors (Lipinski definition) is 2. The van der Waals surface area contributed by atoms with Crippen LogP contribution in [0, 0.1) is 5.92 Å². The van der Waals surface area contributed by atoms with Gasteiger partial charge in [0.05, 0.1) is 6.10 Å². The van der Waals surface area contributed by atoms with Crippen LogP contribution in [0.3, 0.4) is 0 Å². The molecule has 0 aromatic heterocycles. The monoisotopic (exact) mass is 536 g/mol. The predicted molar refractivity (Wildman–Crippen MR) is 149 cm³/mol. The van der Waals surface area contributed by atoms with Crippen LogP contribution < -0.4 is 0 Å². The van der Waals surface area contributed by atoms with Crippen LogP contribution in [-0.4, -0.2) is 80.5 Å². The highest BCUT2D eigenvalue weighted by Gasteiger charge is 2.48. The number of allylic oxidation sites excluding steroid dienone is 2. The van der Waals surface area contributed by atoms with E-state index in [1.807, 2.05) is 0 Å². The number of alkyl halides is 1. The molecule has 7 heteroatoms. The molecule has 6 atom stereocenters. The normalized spacial score (nSPS) is 35.9. The van der Waals surface area contributed by atoms with E-state index in [1.165, 1.54) is 12.8 Å². The quantitative estimate of drug-likeness (QED) is 0.211. The lowest BCUT2D eigenvalue weighted by Gasteiger charge is -2.57. The first kappa shape index (κ1) is 29.1. The fraction of sp³-hybridized carbons (Fsp3) is 0.833. The van der Waals surface area contributed by atoms with Crippen molar-refractivity contribution in [3.05, 3.63) is 23.8 Å². The Morgan fingerprint density at radius 3 is 2.62 bits per heavy atom. The molecule has 3 aliphatic carbocycles. The van der Waals surface area contributed by atoms with Crippen molar-refractivity contribution in [2.75, 3.05) is 6.61 Å². The Morgan fingerprint density at radius 2 is 1.92 bits per heavy atom. The van der Waals surface area contributed by atoms with Crippen molar-refractivity contribution in [3.63, 3.8) is 0 Å². The maximum Gasteiger partial charge on any atom is 0.303 e. The summed E-state index contributed by atoms with van der Waals surface area (Å²) in [5, 5.41) is 21.0. The molecular weight excluding hydrogens is 488 g/mol. The molecular formula is C30H49ClN2O4. The molecule has 5 unspecified atom stereocenters. The molecule has 1 saturated carbocycles. The Bertz CT molecular complexity index is 809.